The molecule has 24 heavy (non-hydrogen) atoms. The number of hydrogen-bond donors (Lipinski definition) is 1. The van der Waals surface area contributed by atoms with Crippen LogP contribution in [0.25, 0.3) is 0 Å². The van der Waals surface area contributed by atoms with Gasteiger partial charge in [0.15, 0.2) is 0 Å². The molecule has 1 N–H and O–H groups in total. The van der Waals surface area contributed by atoms with Gasteiger partial charge in [-0.1, -0.05) is 6.92 Å². The quantitative estimate of drug-likeness (QED) is 0.604. The first-order valence-corrected chi connectivity index (χ1v) is 7.98. The number of nitro groups is 1. The Morgan fingerprint density at radius 1 is 1.33 bits per heavy atom. The Morgan fingerprint density at radius 3 is 2.54 bits per heavy atom. The molecular weight excluding hydrogens is 314 g/mol. The molecule has 0 saturated carbocycles. The largest absolute Gasteiger partial charge is 0.480 e. The van der Waals surface area contributed by atoms with Crippen LogP contribution in [0.4, 0.5) is 11.4 Å². The molecule has 2 rings (SSSR count). The number of carboxylic acids is 1. The molecule has 1 fully saturated rings. The van der Waals surface area contributed by atoms with Crippen molar-refractivity contribution >= 4 is 23.3 Å². The Balaban J connectivity index is 2.32. The Kier molecular flexibility index (Phi) is 5.73. The molecule has 1 heterocycles. The first-order chi connectivity index (χ1) is 11.4. The summed E-state index contributed by atoms with van der Waals surface area (Å²) in [7, 11) is 0. The van der Waals surface area contributed by atoms with Gasteiger partial charge in [0, 0.05) is 31.3 Å². The maximum Gasteiger partial charge on any atom is 0.323 e. The Labute approximate surface area is 139 Å². The standard InChI is InChI=1S/C16H21N3O5/c1-2-7-18(11-15(20)21)16(22)12-5-6-13(14(10-12)19(23)24)17-8-3-4-9-17/h5-6,10H,2-4,7-9,11H2,1H3,(H,20,21). The van der Waals surface area contributed by atoms with Crippen LogP contribution in [-0.2, 0) is 4.79 Å². The molecule has 0 atom stereocenters. The molecular formula is C16H21N3O5. The monoisotopic (exact) mass is 335 g/mol. The summed E-state index contributed by atoms with van der Waals surface area (Å²) in [6, 6.07) is 4.37. The summed E-state index contributed by atoms with van der Waals surface area (Å²) in [6.07, 6.45) is 2.58. The molecule has 1 aromatic rings. The first-order valence-electron chi connectivity index (χ1n) is 7.98. The number of hydrogen-bond acceptors (Lipinski definition) is 5. The van der Waals surface area contributed by atoms with Crippen LogP contribution in [0.3, 0.4) is 0 Å². The van der Waals surface area contributed by atoms with Crippen molar-refractivity contribution in [2.24, 2.45) is 0 Å². The lowest BCUT2D eigenvalue weighted by Gasteiger charge is -2.21. The van der Waals surface area contributed by atoms with Crippen molar-refractivity contribution in [2.45, 2.75) is 26.2 Å². The summed E-state index contributed by atoms with van der Waals surface area (Å²) < 4.78 is 0. The highest BCUT2D eigenvalue weighted by molar-refractivity contribution is 5.97. The van der Waals surface area contributed by atoms with Gasteiger partial charge in [-0.2, -0.15) is 0 Å². The highest BCUT2D eigenvalue weighted by Gasteiger charge is 2.25. The molecule has 0 radical (unpaired) electrons. The predicted octanol–water partition coefficient (Wildman–Crippen LogP) is 2.13. The van der Waals surface area contributed by atoms with Crippen molar-refractivity contribution < 1.29 is 19.6 Å². The summed E-state index contributed by atoms with van der Waals surface area (Å²) in [5.41, 5.74) is 0.531. The number of carboxylic acid groups (broad SMARTS) is 1. The average Bonchev–Trinajstić information content (AvgIpc) is 3.07. The molecule has 8 nitrogen and oxygen atoms in total. The van der Waals surface area contributed by atoms with Crippen molar-refractivity contribution in [3.05, 3.63) is 33.9 Å². The third-order valence-corrected chi connectivity index (χ3v) is 3.97. The van der Waals surface area contributed by atoms with Crippen LogP contribution in [0.15, 0.2) is 18.2 Å². The SMILES string of the molecule is CCCN(CC(=O)O)C(=O)c1ccc(N2CCCC2)c([N+](=O)[O-])c1. The number of carbonyl (C=O) groups is 2. The van der Waals surface area contributed by atoms with Crippen molar-refractivity contribution in [1.82, 2.24) is 4.90 Å². The Hall–Kier alpha value is -2.64. The highest BCUT2D eigenvalue weighted by Crippen LogP contribution is 2.32. The van der Waals surface area contributed by atoms with E-state index in [0.29, 0.717) is 12.1 Å². The fourth-order valence-electron chi connectivity index (χ4n) is 2.90. The summed E-state index contributed by atoms with van der Waals surface area (Å²) in [4.78, 5) is 37.4. The predicted molar refractivity (Wildman–Crippen MR) is 88.4 cm³/mol. The normalized spacial score (nSPS) is 13.8. The molecule has 0 unspecified atom stereocenters. The lowest BCUT2D eigenvalue weighted by atomic mass is 10.1. The highest BCUT2D eigenvalue weighted by atomic mass is 16.6. The van der Waals surface area contributed by atoms with Gasteiger partial charge in [0.25, 0.3) is 11.6 Å². The van der Waals surface area contributed by atoms with Gasteiger partial charge in [0.1, 0.15) is 12.2 Å². The van der Waals surface area contributed by atoms with E-state index in [-0.39, 0.29) is 17.8 Å². The van der Waals surface area contributed by atoms with E-state index in [1.54, 1.807) is 6.07 Å². The van der Waals surface area contributed by atoms with Crippen molar-refractivity contribution in [2.75, 3.05) is 31.1 Å². The van der Waals surface area contributed by atoms with E-state index in [0.717, 1.165) is 25.9 Å². The van der Waals surface area contributed by atoms with Gasteiger partial charge < -0.3 is 14.9 Å². The molecule has 130 valence electrons. The fourth-order valence-corrected chi connectivity index (χ4v) is 2.90. The average molecular weight is 335 g/mol. The van der Waals surface area contributed by atoms with Crippen LogP contribution in [0.1, 0.15) is 36.5 Å². The van der Waals surface area contributed by atoms with Gasteiger partial charge >= 0.3 is 5.97 Å². The van der Waals surface area contributed by atoms with Gasteiger partial charge in [0.2, 0.25) is 0 Å². The van der Waals surface area contributed by atoms with E-state index >= 15 is 0 Å². The number of anilines is 1. The van der Waals surface area contributed by atoms with Gasteiger partial charge in [0.05, 0.1) is 4.92 Å². The number of nitro benzene ring substituents is 1. The zero-order chi connectivity index (χ0) is 17.7. The Morgan fingerprint density at radius 2 is 2.00 bits per heavy atom. The van der Waals surface area contributed by atoms with Gasteiger partial charge in [-0.3, -0.25) is 19.7 Å². The zero-order valence-electron chi connectivity index (χ0n) is 13.6. The molecule has 0 spiro atoms. The van der Waals surface area contributed by atoms with E-state index in [4.69, 9.17) is 5.11 Å². The van der Waals surface area contributed by atoms with Gasteiger partial charge in [-0.25, -0.2) is 0 Å². The van der Waals surface area contributed by atoms with E-state index in [1.165, 1.54) is 17.0 Å². The van der Waals surface area contributed by atoms with Crippen LogP contribution < -0.4 is 4.90 Å². The van der Waals surface area contributed by atoms with Crippen LogP contribution in [0.5, 0.6) is 0 Å². The summed E-state index contributed by atoms with van der Waals surface area (Å²) in [5.74, 6) is -1.62. The molecule has 1 saturated heterocycles. The number of benzene rings is 1. The van der Waals surface area contributed by atoms with Crippen molar-refractivity contribution in [3.63, 3.8) is 0 Å². The third kappa shape index (κ3) is 4.01. The van der Waals surface area contributed by atoms with E-state index in [2.05, 4.69) is 0 Å². The third-order valence-electron chi connectivity index (χ3n) is 3.97. The lowest BCUT2D eigenvalue weighted by molar-refractivity contribution is -0.384. The minimum absolute atomic E-state index is 0.116. The Bertz CT molecular complexity index is 641. The number of nitrogens with zero attached hydrogens (tertiary/aromatic N) is 3. The molecule has 1 amide bonds. The summed E-state index contributed by atoms with van der Waals surface area (Å²) in [5, 5.41) is 20.3. The maximum atomic E-state index is 12.5. The second-order valence-electron chi connectivity index (χ2n) is 5.78. The van der Waals surface area contributed by atoms with Gasteiger partial charge in [-0.05, 0) is 31.4 Å². The second-order valence-corrected chi connectivity index (χ2v) is 5.78. The van der Waals surface area contributed by atoms with Crippen LogP contribution in [0.2, 0.25) is 0 Å². The van der Waals surface area contributed by atoms with E-state index in [1.807, 2.05) is 11.8 Å². The van der Waals surface area contributed by atoms with Crippen molar-refractivity contribution in [1.29, 1.82) is 0 Å². The van der Waals surface area contributed by atoms with Crippen molar-refractivity contribution in [3.8, 4) is 0 Å². The fraction of sp³-hybridized carbons (Fsp3) is 0.500. The number of amides is 1. The minimum atomic E-state index is -1.11. The number of aliphatic carboxylic acids is 1. The summed E-state index contributed by atoms with van der Waals surface area (Å²) >= 11 is 0. The molecule has 1 aliphatic rings. The molecule has 8 heteroatoms. The maximum absolute atomic E-state index is 12.5. The van der Waals surface area contributed by atoms with Crippen LogP contribution >= 0.6 is 0 Å². The molecule has 0 bridgehead atoms. The lowest BCUT2D eigenvalue weighted by Crippen LogP contribution is -2.36. The van der Waals surface area contributed by atoms with E-state index in [9.17, 15) is 19.7 Å². The van der Waals surface area contributed by atoms with Crippen LogP contribution in [-0.4, -0.2) is 53.0 Å². The molecule has 0 aromatic heterocycles. The number of carbonyl (C=O) groups excluding carboxylic acids is 1. The minimum Gasteiger partial charge on any atom is -0.480 e. The zero-order valence-corrected chi connectivity index (χ0v) is 13.6. The van der Waals surface area contributed by atoms with E-state index < -0.39 is 23.3 Å². The second kappa shape index (κ2) is 7.76. The van der Waals surface area contributed by atoms with Crippen LogP contribution in [0, 0.1) is 10.1 Å². The molecule has 1 aliphatic heterocycles. The molecule has 0 aliphatic carbocycles. The van der Waals surface area contributed by atoms with Gasteiger partial charge in [-0.15, -0.1) is 0 Å². The number of rotatable bonds is 7. The first kappa shape index (κ1) is 17.7. The summed E-state index contributed by atoms with van der Waals surface area (Å²) in [6.45, 7) is 3.21. The molecule has 1 aromatic carbocycles. The topological polar surface area (TPSA) is 104 Å². The smallest absolute Gasteiger partial charge is 0.323 e.